The molecule has 0 atom stereocenters. The Kier molecular flexibility index (Phi) is 5.91. The van der Waals surface area contributed by atoms with Gasteiger partial charge in [0, 0.05) is 13.1 Å². The Balaban J connectivity index is 1.86. The summed E-state index contributed by atoms with van der Waals surface area (Å²) in [5.74, 6) is -0.197. The van der Waals surface area contributed by atoms with E-state index in [0.717, 1.165) is 0 Å². The molecule has 2 aliphatic rings. The SMILES string of the molecule is CCN1C(=O)/C(=C/c2cccc(/C=C3/SC(=S)N(CC)C3=O)n2)SC1=S. The average Bonchev–Trinajstić information content (AvgIpc) is 3.03. The van der Waals surface area contributed by atoms with Gasteiger partial charge in [0.25, 0.3) is 11.8 Å². The summed E-state index contributed by atoms with van der Waals surface area (Å²) in [6, 6.07) is 5.46. The Morgan fingerprint density at radius 1 is 0.923 bits per heavy atom. The third-order valence-corrected chi connectivity index (χ3v) is 6.49. The molecule has 134 valence electrons. The molecule has 2 amide bonds. The van der Waals surface area contributed by atoms with Gasteiger partial charge in [-0.15, -0.1) is 0 Å². The largest absolute Gasteiger partial charge is 0.293 e. The third-order valence-electron chi connectivity index (χ3n) is 3.73. The van der Waals surface area contributed by atoms with Crippen LogP contribution in [0.3, 0.4) is 0 Å². The molecule has 0 bridgehead atoms. The summed E-state index contributed by atoms with van der Waals surface area (Å²) in [4.78, 5) is 33.4. The van der Waals surface area contributed by atoms with Crippen molar-refractivity contribution in [2.24, 2.45) is 0 Å². The first-order valence-corrected chi connectivity index (χ1v) is 10.4. The van der Waals surface area contributed by atoms with Gasteiger partial charge in [0.2, 0.25) is 0 Å². The summed E-state index contributed by atoms with van der Waals surface area (Å²) in [6.45, 7) is 4.88. The maximum absolute atomic E-state index is 12.3. The fraction of sp³-hybridized carbons (Fsp3) is 0.235. The van der Waals surface area contributed by atoms with Gasteiger partial charge in [0.05, 0.1) is 21.2 Å². The minimum Gasteiger partial charge on any atom is -0.293 e. The quantitative estimate of drug-likeness (QED) is 0.544. The summed E-state index contributed by atoms with van der Waals surface area (Å²) < 4.78 is 1.12. The van der Waals surface area contributed by atoms with Crippen molar-refractivity contribution in [1.29, 1.82) is 0 Å². The van der Waals surface area contributed by atoms with E-state index in [1.807, 2.05) is 32.0 Å². The van der Waals surface area contributed by atoms with Crippen LogP contribution in [0.1, 0.15) is 25.2 Å². The van der Waals surface area contributed by atoms with E-state index in [0.29, 0.717) is 42.9 Å². The Hall–Kier alpha value is -1.55. The van der Waals surface area contributed by atoms with Crippen molar-refractivity contribution >= 4 is 80.6 Å². The van der Waals surface area contributed by atoms with Gasteiger partial charge in [-0.05, 0) is 38.1 Å². The Morgan fingerprint density at radius 2 is 1.35 bits per heavy atom. The van der Waals surface area contributed by atoms with Gasteiger partial charge in [-0.3, -0.25) is 19.4 Å². The molecule has 1 aromatic rings. The summed E-state index contributed by atoms with van der Waals surface area (Å²) in [5, 5.41) is 0. The first-order valence-electron chi connectivity index (χ1n) is 7.92. The van der Waals surface area contributed by atoms with E-state index in [1.165, 1.54) is 23.5 Å². The molecular weight excluding hydrogens is 406 g/mol. The molecular formula is C17H15N3O2S4. The smallest absolute Gasteiger partial charge is 0.266 e. The molecule has 5 nitrogen and oxygen atoms in total. The lowest BCUT2D eigenvalue weighted by Crippen LogP contribution is -2.27. The number of aromatic nitrogens is 1. The molecule has 3 heterocycles. The third kappa shape index (κ3) is 3.75. The van der Waals surface area contributed by atoms with Crippen LogP contribution in [0.15, 0.2) is 28.0 Å². The predicted molar refractivity (Wildman–Crippen MR) is 115 cm³/mol. The first-order chi connectivity index (χ1) is 12.4. The van der Waals surface area contributed by atoms with E-state index < -0.39 is 0 Å². The van der Waals surface area contributed by atoms with Crippen LogP contribution in [0.2, 0.25) is 0 Å². The lowest BCUT2D eigenvalue weighted by Gasteiger charge is -2.09. The summed E-state index contributed by atoms with van der Waals surface area (Å²) in [5.41, 5.74) is 1.28. The number of thioether (sulfide) groups is 2. The summed E-state index contributed by atoms with van der Waals surface area (Å²) >= 11 is 13.0. The maximum Gasteiger partial charge on any atom is 0.266 e. The van der Waals surface area contributed by atoms with Crippen molar-refractivity contribution in [1.82, 2.24) is 14.8 Å². The van der Waals surface area contributed by atoms with Crippen LogP contribution < -0.4 is 0 Å². The van der Waals surface area contributed by atoms with Gasteiger partial charge < -0.3 is 0 Å². The van der Waals surface area contributed by atoms with E-state index in [-0.39, 0.29) is 11.8 Å². The number of carbonyl (C=O) groups is 2. The molecule has 2 aliphatic heterocycles. The highest BCUT2D eigenvalue weighted by atomic mass is 32.2. The highest BCUT2D eigenvalue weighted by Gasteiger charge is 2.31. The number of nitrogens with zero attached hydrogens (tertiary/aromatic N) is 3. The van der Waals surface area contributed by atoms with Crippen LogP contribution in [-0.2, 0) is 9.59 Å². The molecule has 2 fully saturated rings. The zero-order chi connectivity index (χ0) is 18.8. The molecule has 1 aromatic heterocycles. The predicted octanol–water partition coefficient (Wildman–Crippen LogP) is 3.52. The zero-order valence-corrected chi connectivity index (χ0v) is 17.4. The van der Waals surface area contributed by atoms with Crippen LogP contribution >= 0.6 is 48.0 Å². The van der Waals surface area contributed by atoms with Crippen LogP contribution in [0, 0.1) is 0 Å². The van der Waals surface area contributed by atoms with Crippen LogP contribution in [0.5, 0.6) is 0 Å². The van der Waals surface area contributed by atoms with Crippen LogP contribution in [-0.4, -0.2) is 48.3 Å². The lowest BCUT2D eigenvalue weighted by atomic mass is 10.2. The molecule has 0 unspecified atom stereocenters. The minimum absolute atomic E-state index is 0.0986. The molecule has 0 aliphatic carbocycles. The monoisotopic (exact) mass is 421 g/mol. The maximum atomic E-state index is 12.3. The first kappa shape index (κ1) is 19.2. The summed E-state index contributed by atoms with van der Waals surface area (Å²) in [6.07, 6.45) is 3.45. The molecule has 0 aromatic carbocycles. The average molecular weight is 422 g/mol. The van der Waals surface area contributed by atoms with E-state index in [4.69, 9.17) is 24.4 Å². The fourth-order valence-electron chi connectivity index (χ4n) is 2.44. The van der Waals surface area contributed by atoms with Crippen molar-refractivity contribution in [3.8, 4) is 0 Å². The number of thiocarbonyl (C=S) groups is 2. The number of rotatable bonds is 4. The molecule has 3 rings (SSSR count). The number of amides is 2. The molecule has 9 heteroatoms. The van der Waals surface area contributed by atoms with Crippen LogP contribution in [0.4, 0.5) is 0 Å². The molecule has 0 saturated carbocycles. The van der Waals surface area contributed by atoms with Crippen molar-refractivity contribution in [3.05, 3.63) is 39.4 Å². The van der Waals surface area contributed by atoms with Crippen molar-refractivity contribution in [2.45, 2.75) is 13.8 Å². The number of likely N-dealkylation sites (N-methyl/N-ethyl adjacent to an activating group) is 2. The molecule has 2 saturated heterocycles. The molecule has 0 N–H and O–H groups in total. The van der Waals surface area contributed by atoms with Crippen LogP contribution in [0.25, 0.3) is 12.2 Å². The van der Waals surface area contributed by atoms with E-state index in [1.54, 1.807) is 22.0 Å². The van der Waals surface area contributed by atoms with Gasteiger partial charge in [-0.2, -0.15) is 0 Å². The normalized spacial score (nSPS) is 21.0. The van der Waals surface area contributed by atoms with Crippen molar-refractivity contribution in [2.75, 3.05) is 13.1 Å². The highest BCUT2D eigenvalue weighted by Crippen LogP contribution is 2.33. The zero-order valence-electron chi connectivity index (χ0n) is 14.1. The minimum atomic E-state index is -0.0986. The molecule has 0 spiro atoms. The lowest BCUT2D eigenvalue weighted by molar-refractivity contribution is -0.122. The Bertz CT molecular complexity index is 811. The Morgan fingerprint density at radius 3 is 1.69 bits per heavy atom. The number of hydrogen-bond donors (Lipinski definition) is 0. The number of hydrogen-bond acceptors (Lipinski definition) is 7. The van der Waals surface area contributed by atoms with Crippen molar-refractivity contribution in [3.63, 3.8) is 0 Å². The second-order valence-electron chi connectivity index (χ2n) is 5.34. The van der Waals surface area contributed by atoms with E-state index in [9.17, 15) is 9.59 Å². The number of carbonyl (C=O) groups excluding carboxylic acids is 2. The molecule has 0 radical (unpaired) electrons. The second kappa shape index (κ2) is 7.99. The topological polar surface area (TPSA) is 53.5 Å². The van der Waals surface area contributed by atoms with E-state index >= 15 is 0 Å². The van der Waals surface area contributed by atoms with Crippen molar-refractivity contribution < 1.29 is 9.59 Å². The molecule has 26 heavy (non-hydrogen) atoms. The van der Waals surface area contributed by atoms with Gasteiger partial charge in [0.1, 0.15) is 8.64 Å². The second-order valence-corrected chi connectivity index (χ2v) is 8.69. The highest BCUT2D eigenvalue weighted by molar-refractivity contribution is 8.27. The standard InChI is InChI=1S/C17H15N3O2S4/c1-3-19-14(21)12(25-16(19)23)8-10-6-5-7-11(18-10)9-13-15(22)20(4-2)17(24)26-13/h5-9H,3-4H2,1-2H3/b12-8-,13-9+. The Labute approximate surface area is 170 Å². The van der Waals surface area contributed by atoms with Gasteiger partial charge >= 0.3 is 0 Å². The van der Waals surface area contributed by atoms with Gasteiger partial charge in [-0.25, -0.2) is 4.98 Å². The van der Waals surface area contributed by atoms with Gasteiger partial charge in [-0.1, -0.05) is 54.0 Å². The summed E-state index contributed by atoms with van der Waals surface area (Å²) in [7, 11) is 0. The van der Waals surface area contributed by atoms with E-state index in [2.05, 4.69) is 4.98 Å². The fourth-order valence-corrected chi connectivity index (χ4v) is 5.18. The van der Waals surface area contributed by atoms with Gasteiger partial charge in [0.15, 0.2) is 0 Å². The number of pyridine rings is 1.